The molecule has 4 nitrogen and oxygen atoms in total. The summed E-state index contributed by atoms with van der Waals surface area (Å²) in [6, 6.07) is 10.4. The molecule has 2 rings (SSSR count). The Morgan fingerprint density at radius 1 is 0.947 bits per heavy atom. The molecule has 0 aliphatic carbocycles. The highest BCUT2D eigenvalue weighted by Gasteiger charge is 2.08. The van der Waals surface area contributed by atoms with E-state index in [-0.39, 0.29) is 0 Å². The van der Waals surface area contributed by atoms with E-state index in [0.29, 0.717) is 27.2 Å². The number of hydrazine groups is 1. The highest BCUT2D eigenvalue weighted by Crippen LogP contribution is 2.36. The van der Waals surface area contributed by atoms with Gasteiger partial charge in [0.25, 0.3) is 0 Å². The second kappa shape index (κ2) is 6.02. The van der Waals surface area contributed by atoms with E-state index in [0.717, 1.165) is 5.75 Å². The number of rotatable bonds is 4. The van der Waals surface area contributed by atoms with Gasteiger partial charge >= 0.3 is 0 Å². The van der Waals surface area contributed by atoms with Crippen LogP contribution in [0.2, 0.25) is 10.0 Å². The summed E-state index contributed by atoms with van der Waals surface area (Å²) < 4.78 is 10.7. The van der Waals surface area contributed by atoms with E-state index in [4.69, 9.17) is 38.5 Å². The van der Waals surface area contributed by atoms with Crippen LogP contribution in [0.25, 0.3) is 0 Å². The maximum Gasteiger partial charge on any atom is 0.130 e. The number of nitrogens with one attached hydrogen (secondary N) is 1. The van der Waals surface area contributed by atoms with Gasteiger partial charge in [-0.05, 0) is 24.3 Å². The van der Waals surface area contributed by atoms with E-state index in [2.05, 4.69) is 5.43 Å². The minimum atomic E-state index is 0.388. The van der Waals surface area contributed by atoms with Crippen LogP contribution >= 0.6 is 23.2 Å². The number of hydrogen-bond donors (Lipinski definition) is 2. The summed E-state index contributed by atoms with van der Waals surface area (Å²) in [5.41, 5.74) is 2.90. The SMILES string of the molecule is COc1ccc(Oc2cc(Cl)c(NN)c(Cl)c2)cc1. The van der Waals surface area contributed by atoms with Gasteiger partial charge < -0.3 is 14.9 Å². The maximum absolute atomic E-state index is 6.02. The number of nitrogens with two attached hydrogens (primary N) is 1. The summed E-state index contributed by atoms with van der Waals surface area (Å²) in [5, 5.41) is 0.775. The van der Waals surface area contributed by atoms with E-state index < -0.39 is 0 Å². The number of anilines is 1. The van der Waals surface area contributed by atoms with E-state index in [9.17, 15) is 0 Å². The Balaban J connectivity index is 2.23. The Kier molecular flexibility index (Phi) is 4.37. The summed E-state index contributed by atoms with van der Waals surface area (Å²) in [7, 11) is 1.61. The van der Waals surface area contributed by atoms with Gasteiger partial charge in [0.15, 0.2) is 0 Å². The predicted octanol–water partition coefficient (Wildman–Crippen LogP) is 4.08. The summed E-state index contributed by atoms with van der Waals surface area (Å²) in [4.78, 5) is 0. The molecule has 0 unspecified atom stereocenters. The fourth-order valence-corrected chi connectivity index (χ4v) is 2.10. The Hall–Kier alpha value is -1.62. The van der Waals surface area contributed by atoms with Crippen molar-refractivity contribution in [3.05, 3.63) is 46.4 Å². The van der Waals surface area contributed by atoms with Crippen LogP contribution < -0.4 is 20.7 Å². The predicted molar refractivity (Wildman–Crippen MR) is 77.3 cm³/mol. The molecule has 0 radical (unpaired) electrons. The minimum Gasteiger partial charge on any atom is -0.497 e. The van der Waals surface area contributed by atoms with Crippen molar-refractivity contribution in [1.29, 1.82) is 0 Å². The van der Waals surface area contributed by atoms with Crippen molar-refractivity contribution in [2.75, 3.05) is 12.5 Å². The molecule has 0 fully saturated rings. The molecule has 0 heterocycles. The number of ether oxygens (including phenoxy) is 2. The summed E-state index contributed by atoms with van der Waals surface area (Å²) in [6.07, 6.45) is 0. The van der Waals surface area contributed by atoms with E-state index in [1.807, 2.05) is 0 Å². The topological polar surface area (TPSA) is 56.5 Å². The van der Waals surface area contributed by atoms with Crippen LogP contribution in [0.3, 0.4) is 0 Å². The Labute approximate surface area is 121 Å². The first-order valence-electron chi connectivity index (χ1n) is 5.41. The summed E-state index contributed by atoms with van der Waals surface area (Å²) in [5.74, 6) is 7.25. The smallest absolute Gasteiger partial charge is 0.130 e. The van der Waals surface area contributed by atoms with Gasteiger partial charge in [-0.15, -0.1) is 0 Å². The molecule has 100 valence electrons. The lowest BCUT2D eigenvalue weighted by molar-refractivity contribution is 0.413. The van der Waals surface area contributed by atoms with Crippen LogP contribution in [0.15, 0.2) is 36.4 Å². The van der Waals surface area contributed by atoms with Gasteiger partial charge in [0, 0.05) is 12.1 Å². The zero-order chi connectivity index (χ0) is 13.8. The second-order valence-electron chi connectivity index (χ2n) is 3.68. The Bertz CT molecular complexity index is 550. The fourth-order valence-electron chi connectivity index (χ4n) is 1.53. The first-order valence-corrected chi connectivity index (χ1v) is 6.17. The first-order chi connectivity index (χ1) is 9.13. The fraction of sp³-hybridized carbons (Fsp3) is 0.0769. The largest absolute Gasteiger partial charge is 0.497 e. The number of nitrogen functional groups attached to an aromatic ring is 1. The van der Waals surface area contributed by atoms with Crippen molar-refractivity contribution < 1.29 is 9.47 Å². The molecule has 0 aliphatic heterocycles. The molecule has 0 aromatic heterocycles. The van der Waals surface area contributed by atoms with Crippen molar-refractivity contribution in [2.24, 2.45) is 5.84 Å². The van der Waals surface area contributed by atoms with Crippen molar-refractivity contribution in [3.63, 3.8) is 0 Å². The van der Waals surface area contributed by atoms with Gasteiger partial charge in [-0.1, -0.05) is 23.2 Å². The highest BCUT2D eigenvalue weighted by molar-refractivity contribution is 6.39. The third kappa shape index (κ3) is 3.23. The molecule has 0 saturated heterocycles. The zero-order valence-electron chi connectivity index (χ0n) is 10.1. The molecule has 0 amide bonds. The molecule has 3 N–H and O–H groups in total. The number of benzene rings is 2. The van der Waals surface area contributed by atoms with E-state index in [1.54, 1.807) is 43.5 Å². The minimum absolute atomic E-state index is 0.388. The van der Waals surface area contributed by atoms with Crippen LogP contribution in [-0.2, 0) is 0 Å². The quantitative estimate of drug-likeness (QED) is 0.659. The average molecular weight is 299 g/mol. The highest BCUT2D eigenvalue weighted by atomic mass is 35.5. The van der Waals surface area contributed by atoms with Crippen LogP contribution in [0.1, 0.15) is 0 Å². The molecule has 0 atom stereocenters. The zero-order valence-corrected chi connectivity index (χ0v) is 11.6. The lowest BCUT2D eigenvalue weighted by Gasteiger charge is -2.10. The number of methoxy groups -OCH3 is 1. The maximum atomic E-state index is 6.02. The Morgan fingerprint density at radius 2 is 1.47 bits per heavy atom. The molecule has 0 spiro atoms. The normalized spacial score (nSPS) is 10.1. The third-order valence-corrected chi connectivity index (χ3v) is 3.05. The van der Waals surface area contributed by atoms with Crippen molar-refractivity contribution >= 4 is 28.9 Å². The van der Waals surface area contributed by atoms with Gasteiger partial charge in [-0.25, -0.2) is 0 Å². The lowest BCUT2D eigenvalue weighted by atomic mass is 10.3. The van der Waals surface area contributed by atoms with Crippen LogP contribution in [0.4, 0.5) is 5.69 Å². The van der Waals surface area contributed by atoms with Crippen molar-refractivity contribution in [2.45, 2.75) is 0 Å². The van der Waals surface area contributed by atoms with E-state index >= 15 is 0 Å². The van der Waals surface area contributed by atoms with Crippen LogP contribution in [0.5, 0.6) is 17.2 Å². The van der Waals surface area contributed by atoms with Crippen LogP contribution in [-0.4, -0.2) is 7.11 Å². The van der Waals surface area contributed by atoms with Gasteiger partial charge in [-0.2, -0.15) is 0 Å². The van der Waals surface area contributed by atoms with Crippen molar-refractivity contribution in [1.82, 2.24) is 0 Å². The molecular weight excluding hydrogens is 287 g/mol. The van der Waals surface area contributed by atoms with Crippen LogP contribution in [0, 0.1) is 0 Å². The molecule has 0 aliphatic rings. The molecular formula is C13H12Cl2N2O2. The van der Waals surface area contributed by atoms with Crippen molar-refractivity contribution in [3.8, 4) is 17.2 Å². The lowest BCUT2D eigenvalue weighted by Crippen LogP contribution is -2.07. The second-order valence-corrected chi connectivity index (χ2v) is 4.50. The van der Waals surface area contributed by atoms with Gasteiger partial charge in [0.05, 0.1) is 22.8 Å². The monoisotopic (exact) mass is 298 g/mol. The number of hydrogen-bond acceptors (Lipinski definition) is 4. The average Bonchev–Trinajstić information content (AvgIpc) is 2.39. The molecule has 2 aromatic rings. The standard InChI is InChI=1S/C13H12Cl2N2O2/c1-18-8-2-4-9(5-3-8)19-10-6-11(14)13(17-16)12(15)7-10/h2-7,17H,16H2,1H3. The molecule has 19 heavy (non-hydrogen) atoms. The first kappa shape index (κ1) is 13.8. The summed E-state index contributed by atoms with van der Waals surface area (Å²) >= 11 is 12.0. The molecule has 6 heteroatoms. The summed E-state index contributed by atoms with van der Waals surface area (Å²) in [6.45, 7) is 0. The van der Waals surface area contributed by atoms with Gasteiger partial charge in [0.1, 0.15) is 17.2 Å². The van der Waals surface area contributed by atoms with Gasteiger partial charge in [-0.3, -0.25) is 5.84 Å². The molecule has 2 aromatic carbocycles. The van der Waals surface area contributed by atoms with E-state index in [1.165, 1.54) is 0 Å². The number of halogens is 2. The third-order valence-electron chi connectivity index (χ3n) is 2.46. The molecule has 0 saturated carbocycles. The Morgan fingerprint density at radius 3 is 1.95 bits per heavy atom. The van der Waals surface area contributed by atoms with Gasteiger partial charge in [0.2, 0.25) is 0 Å². The molecule has 0 bridgehead atoms.